The maximum atomic E-state index is 13.0. The number of hydrogen-bond acceptors (Lipinski definition) is 5. The molecule has 0 aliphatic carbocycles. The highest BCUT2D eigenvalue weighted by Gasteiger charge is 2.34. The van der Waals surface area contributed by atoms with Gasteiger partial charge < -0.3 is 14.8 Å². The van der Waals surface area contributed by atoms with Crippen LogP contribution in [-0.4, -0.2) is 44.6 Å². The lowest BCUT2D eigenvalue weighted by Gasteiger charge is -2.34. The Kier molecular flexibility index (Phi) is 4.84. The van der Waals surface area contributed by atoms with Gasteiger partial charge in [0.2, 0.25) is 0 Å². The van der Waals surface area contributed by atoms with E-state index in [4.69, 9.17) is 0 Å². The molecule has 0 aromatic carbocycles. The van der Waals surface area contributed by atoms with Crippen molar-refractivity contribution in [2.75, 3.05) is 18.0 Å². The van der Waals surface area contributed by atoms with Gasteiger partial charge in [-0.05, 0) is 19.8 Å². The molecule has 10 heteroatoms. The first kappa shape index (κ1) is 18.2. The van der Waals surface area contributed by atoms with Crippen molar-refractivity contribution in [1.82, 2.24) is 24.8 Å². The van der Waals surface area contributed by atoms with Gasteiger partial charge in [-0.3, -0.25) is 4.79 Å². The van der Waals surface area contributed by atoms with E-state index in [1.807, 2.05) is 0 Å². The molecule has 3 heterocycles. The average molecular weight is 368 g/mol. The number of alkyl halides is 3. The zero-order chi connectivity index (χ0) is 18.9. The number of hydrogen-bond donors (Lipinski definition) is 1. The van der Waals surface area contributed by atoms with E-state index in [0.717, 1.165) is 18.9 Å². The standard InChI is InChI=1S/C16H19F3N6O/c1-10-21-13(16(17,18)19)6-14(22-10)25-5-3-4-11(7-25)23-15(26)12-8-24(2)9-20-12/h6,8-9,11H,3-5,7H2,1-2H3,(H,23,26). The van der Waals surface area contributed by atoms with Crippen molar-refractivity contribution in [1.29, 1.82) is 0 Å². The van der Waals surface area contributed by atoms with Crippen LogP contribution in [-0.2, 0) is 13.2 Å². The van der Waals surface area contributed by atoms with Gasteiger partial charge in [-0.25, -0.2) is 15.0 Å². The molecule has 3 rings (SSSR count). The van der Waals surface area contributed by atoms with E-state index in [9.17, 15) is 18.0 Å². The van der Waals surface area contributed by atoms with Crippen molar-refractivity contribution in [2.24, 2.45) is 7.05 Å². The van der Waals surface area contributed by atoms with Crippen molar-refractivity contribution in [3.63, 3.8) is 0 Å². The summed E-state index contributed by atoms with van der Waals surface area (Å²) < 4.78 is 40.6. The summed E-state index contributed by atoms with van der Waals surface area (Å²) in [5.74, 6) is -0.0108. The van der Waals surface area contributed by atoms with E-state index in [2.05, 4.69) is 20.3 Å². The Bertz CT molecular complexity index is 804. The molecular formula is C16H19F3N6O. The smallest absolute Gasteiger partial charge is 0.354 e. The van der Waals surface area contributed by atoms with Crippen molar-refractivity contribution < 1.29 is 18.0 Å². The lowest BCUT2D eigenvalue weighted by Crippen LogP contribution is -2.48. The molecule has 1 N–H and O–H groups in total. The van der Waals surface area contributed by atoms with Gasteiger partial charge >= 0.3 is 6.18 Å². The first-order valence-electron chi connectivity index (χ1n) is 8.19. The Balaban J connectivity index is 1.72. The number of nitrogens with zero attached hydrogens (tertiary/aromatic N) is 5. The normalized spacial score (nSPS) is 18.0. The summed E-state index contributed by atoms with van der Waals surface area (Å²) in [6.45, 7) is 2.39. The molecule has 1 saturated heterocycles. The van der Waals surface area contributed by atoms with E-state index in [-0.39, 0.29) is 23.6 Å². The van der Waals surface area contributed by atoms with Crippen LogP contribution in [0.25, 0.3) is 0 Å². The van der Waals surface area contributed by atoms with Crippen LogP contribution in [0.4, 0.5) is 19.0 Å². The zero-order valence-electron chi connectivity index (χ0n) is 14.4. The third-order valence-electron chi connectivity index (χ3n) is 4.13. The number of carbonyl (C=O) groups is 1. The molecular weight excluding hydrogens is 349 g/mol. The van der Waals surface area contributed by atoms with Crippen molar-refractivity contribution in [3.8, 4) is 0 Å². The number of rotatable bonds is 3. The minimum atomic E-state index is -4.52. The van der Waals surface area contributed by atoms with E-state index >= 15 is 0 Å². The number of amides is 1. The number of aromatic nitrogens is 4. The fraction of sp³-hybridized carbons (Fsp3) is 0.500. The molecule has 2 aromatic rings. The van der Waals surface area contributed by atoms with Crippen molar-refractivity contribution in [2.45, 2.75) is 32.0 Å². The molecule has 7 nitrogen and oxygen atoms in total. The maximum Gasteiger partial charge on any atom is 0.433 e. The highest BCUT2D eigenvalue weighted by atomic mass is 19.4. The third-order valence-corrected chi connectivity index (χ3v) is 4.13. The summed E-state index contributed by atoms with van der Waals surface area (Å²) in [4.78, 5) is 25.6. The summed E-state index contributed by atoms with van der Waals surface area (Å²) in [6.07, 6.45) is 0.0946. The molecule has 1 fully saturated rings. The summed E-state index contributed by atoms with van der Waals surface area (Å²) in [6, 6.07) is 0.763. The molecule has 1 amide bonds. The monoisotopic (exact) mass is 368 g/mol. The summed E-state index contributed by atoms with van der Waals surface area (Å²) in [5, 5.41) is 2.89. The van der Waals surface area contributed by atoms with Gasteiger partial charge in [0.05, 0.1) is 6.33 Å². The molecule has 140 valence electrons. The number of anilines is 1. The van der Waals surface area contributed by atoms with Crippen LogP contribution in [0.2, 0.25) is 0 Å². The lowest BCUT2D eigenvalue weighted by molar-refractivity contribution is -0.141. The van der Waals surface area contributed by atoms with Crippen LogP contribution >= 0.6 is 0 Å². The topological polar surface area (TPSA) is 75.9 Å². The second kappa shape index (κ2) is 6.93. The first-order chi connectivity index (χ1) is 12.2. The highest BCUT2D eigenvalue weighted by molar-refractivity contribution is 5.92. The molecule has 2 aromatic heterocycles. The second-order valence-electron chi connectivity index (χ2n) is 6.34. The molecule has 1 unspecified atom stereocenters. The summed E-state index contributed by atoms with van der Waals surface area (Å²) in [5.41, 5.74) is -0.651. The van der Waals surface area contributed by atoms with Gasteiger partial charge in [0.1, 0.15) is 23.0 Å². The second-order valence-corrected chi connectivity index (χ2v) is 6.34. The molecule has 1 aliphatic heterocycles. The predicted octanol–water partition coefficient (Wildman–Crippen LogP) is 1.94. The van der Waals surface area contributed by atoms with Crippen LogP contribution in [0, 0.1) is 6.92 Å². The van der Waals surface area contributed by atoms with Crippen LogP contribution < -0.4 is 10.2 Å². The highest BCUT2D eigenvalue weighted by Crippen LogP contribution is 2.30. The Morgan fingerprint density at radius 3 is 2.77 bits per heavy atom. The molecule has 1 atom stereocenters. The first-order valence-corrected chi connectivity index (χ1v) is 8.19. The fourth-order valence-electron chi connectivity index (χ4n) is 2.95. The van der Waals surface area contributed by atoms with Gasteiger partial charge in [-0.1, -0.05) is 0 Å². The Morgan fingerprint density at radius 1 is 1.35 bits per heavy atom. The molecule has 0 bridgehead atoms. The van der Waals surface area contributed by atoms with E-state index in [0.29, 0.717) is 18.8 Å². The van der Waals surface area contributed by atoms with Gasteiger partial charge in [0.25, 0.3) is 5.91 Å². The largest absolute Gasteiger partial charge is 0.433 e. The van der Waals surface area contributed by atoms with E-state index in [1.165, 1.54) is 13.3 Å². The molecule has 0 spiro atoms. The Morgan fingerprint density at radius 2 is 2.12 bits per heavy atom. The maximum absolute atomic E-state index is 13.0. The number of imidazole rings is 1. The minimum Gasteiger partial charge on any atom is -0.354 e. The van der Waals surface area contributed by atoms with Crippen molar-refractivity contribution >= 4 is 11.7 Å². The minimum absolute atomic E-state index is 0.0643. The Hall–Kier alpha value is -2.65. The van der Waals surface area contributed by atoms with Crippen LogP contribution in [0.3, 0.4) is 0 Å². The summed E-state index contributed by atoms with van der Waals surface area (Å²) in [7, 11) is 1.77. The predicted molar refractivity (Wildman–Crippen MR) is 87.7 cm³/mol. The van der Waals surface area contributed by atoms with Gasteiger partial charge in [0.15, 0.2) is 0 Å². The van der Waals surface area contributed by atoms with Crippen molar-refractivity contribution in [3.05, 3.63) is 35.8 Å². The van der Waals surface area contributed by atoms with Gasteiger partial charge in [-0.2, -0.15) is 13.2 Å². The zero-order valence-corrected chi connectivity index (χ0v) is 14.4. The number of nitrogens with one attached hydrogen (secondary N) is 1. The lowest BCUT2D eigenvalue weighted by atomic mass is 10.1. The number of piperidine rings is 1. The Labute approximate surface area is 148 Å². The van der Waals surface area contributed by atoms with Gasteiger partial charge in [-0.15, -0.1) is 0 Å². The van der Waals surface area contributed by atoms with Gasteiger partial charge in [0, 0.05) is 38.4 Å². The average Bonchev–Trinajstić information content (AvgIpc) is 3.00. The number of carbonyl (C=O) groups excluding carboxylic acids is 1. The quantitative estimate of drug-likeness (QED) is 0.896. The van der Waals surface area contributed by atoms with Crippen LogP contribution in [0.1, 0.15) is 34.8 Å². The number of aryl methyl sites for hydroxylation is 2. The van der Waals surface area contributed by atoms with Crippen LogP contribution in [0.5, 0.6) is 0 Å². The molecule has 0 radical (unpaired) electrons. The van der Waals surface area contributed by atoms with E-state index < -0.39 is 11.9 Å². The summed E-state index contributed by atoms with van der Waals surface area (Å²) >= 11 is 0. The number of halogens is 3. The SMILES string of the molecule is Cc1nc(N2CCCC(NC(=O)c3cn(C)cn3)C2)cc(C(F)(F)F)n1. The molecule has 26 heavy (non-hydrogen) atoms. The fourth-order valence-corrected chi connectivity index (χ4v) is 2.95. The van der Waals surface area contributed by atoms with Crippen LogP contribution in [0.15, 0.2) is 18.6 Å². The van der Waals surface area contributed by atoms with E-state index in [1.54, 1.807) is 22.7 Å². The molecule has 1 aliphatic rings. The molecule has 0 saturated carbocycles. The third kappa shape index (κ3) is 4.12.